The third-order valence-electron chi connectivity index (χ3n) is 2.63. The molecule has 0 unspecified atom stereocenters. The van der Waals surface area contributed by atoms with Crippen LogP contribution in [0.2, 0.25) is 0 Å². The maximum atomic E-state index is 11.9. The van der Waals surface area contributed by atoms with E-state index in [0.29, 0.717) is 13.0 Å². The topological polar surface area (TPSA) is 49.8 Å². The van der Waals surface area contributed by atoms with Crippen molar-refractivity contribution in [2.75, 3.05) is 26.8 Å². The number of methoxy groups -OCH3 is 1. The molecule has 1 amide bonds. The first-order valence-corrected chi connectivity index (χ1v) is 5.90. The highest BCUT2D eigenvalue weighted by Gasteiger charge is 2.24. The third-order valence-corrected chi connectivity index (χ3v) is 2.63. The molecule has 0 rings (SSSR count). The zero-order valence-electron chi connectivity index (χ0n) is 11.0. The molecular weight excluding hydrogens is 206 g/mol. The van der Waals surface area contributed by atoms with Crippen molar-refractivity contribution in [1.82, 2.24) is 4.90 Å². The van der Waals surface area contributed by atoms with E-state index < -0.39 is 5.60 Å². The van der Waals surface area contributed by atoms with Gasteiger partial charge in [0, 0.05) is 20.2 Å². The standard InChI is InChI=1S/C12H25NO3/c1-5-6-7-13(8-9-14)11(15)10-12(2,3)16-4/h14H,5-10H2,1-4H3. The minimum atomic E-state index is -0.434. The van der Waals surface area contributed by atoms with E-state index in [-0.39, 0.29) is 12.5 Å². The van der Waals surface area contributed by atoms with Gasteiger partial charge in [-0.25, -0.2) is 0 Å². The lowest BCUT2D eigenvalue weighted by molar-refractivity contribution is -0.137. The van der Waals surface area contributed by atoms with Crippen molar-refractivity contribution in [2.45, 2.75) is 45.6 Å². The minimum absolute atomic E-state index is 0.0167. The molecule has 0 aromatic carbocycles. The second-order valence-electron chi connectivity index (χ2n) is 4.60. The Morgan fingerprint density at radius 2 is 2.00 bits per heavy atom. The molecular formula is C12H25NO3. The molecule has 0 fully saturated rings. The average molecular weight is 231 g/mol. The fourth-order valence-electron chi connectivity index (χ4n) is 1.38. The lowest BCUT2D eigenvalue weighted by Crippen LogP contribution is -2.39. The summed E-state index contributed by atoms with van der Waals surface area (Å²) in [5.41, 5.74) is -0.434. The van der Waals surface area contributed by atoms with E-state index in [1.165, 1.54) is 0 Å². The predicted molar refractivity (Wildman–Crippen MR) is 64.3 cm³/mol. The fourth-order valence-corrected chi connectivity index (χ4v) is 1.38. The molecule has 0 aliphatic carbocycles. The van der Waals surface area contributed by atoms with E-state index in [1.54, 1.807) is 12.0 Å². The van der Waals surface area contributed by atoms with Gasteiger partial charge in [0.25, 0.3) is 0 Å². The van der Waals surface area contributed by atoms with Crippen LogP contribution in [0.15, 0.2) is 0 Å². The Morgan fingerprint density at radius 1 is 1.38 bits per heavy atom. The molecule has 1 N–H and O–H groups in total. The van der Waals surface area contributed by atoms with Crippen molar-refractivity contribution < 1.29 is 14.6 Å². The number of hydrogen-bond donors (Lipinski definition) is 1. The Kier molecular flexibility index (Phi) is 7.34. The molecule has 0 spiro atoms. The van der Waals surface area contributed by atoms with Crippen molar-refractivity contribution in [3.8, 4) is 0 Å². The van der Waals surface area contributed by atoms with E-state index in [9.17, 15) is 4.79 Å². The number of nitrogens with zero attached hydrogens (tertiary/aromatic N) is 1. The SMILES string of the molecule is CCCCN(CCO)C(=O)CC(C)(C)OC. The van der Waals surface area contributed by atoms with Crippen molar-refractivity contribution in [3.05, 3.63) is 0 Å². The van der Waals surface area contributed by atoms with Crippen LogP contribution >= 0.6 is 0 Å². The monoisotopic (exact) mass is 231 g/mol. The van der Waals surface area contributed by atoms with Crippen LogP contribution in [0, 0.1) is 0 Å². The minimum Gasteiger partial charge on any atom is -0.395 e. The number of carbonyl (C=O) groups is 1. The highest BCUT2D eigenvalue weighted by atomic mass is 16.5. The highest BCUT2D eigenvalue weighted by molar-refractivity contribution is 5.77. The first-order chi connectivity index (χ1) is 7.46. The summed E-state index contributed by atoms with van der Waals surface area (Å²) in [6.45, 7) is 7.02. The van der Waals surface area contributed by atoms with Crippen molar-refractivity contribution >= 4 is 5.91 Å². The second-order valence-corrected chi connectivity index (χ2v) is 4.60. The molecule has 0 aromatic rings. The number of unbranched alkanes of at least 4 members (excludes halogenated alkanes) is 1. The Labute approximate surface area is 98.6 Å². The molecule has 0 bridgehead atoms. The zero-order chi connectivity index (χ0) is 12.6. The fraction of sp³-hybridized carbons (Fsp3) is 0.917. The van der Waals surface area contributed by atoms with Gasteiger partial charge in [-0.15, -0.1) is 0 Å². The van der Waals surface area contributed by atoms with E-state index in [1.807, 2.05) is 13.8 Å². The van der Waals surface area contributed by atoms with Gasteiger partial charge in [0.1, 0.15) is 0 Å². The van der Waals surface area contributed by atoms with Crippen molar-refractivity contribution in [3.63, 3.8) is 0 Å². The number of rotatable bonds is 8. The number of amides is 1. The Hall–Kier alpha value is -0.610. The molecule has 4 heteroatoms. The summed E-state index contributed by atoms with van der Waals surface area (Å²) in [5.74, 6) is 0.0503. The van der Waals surface area contributed by atoms with Crippen LogP contribution in [0.25, 0.3) is 0 Å². The molecule has 0 aromatic heterocycles. The van der Waals surface area contributed by atoms with Gasteiger partial charge in [0.2, 0.25) is 5.91 Å². The smallest absolute Gasteiger partial charge is 0.225 e. The van der Waals surface area contributed by atoms with Gasteiger partial charge >= 0.3 is 0 Å². The maximum absolute atomic E-state index is 11.9. The summed E-state index contributed by atoms with van der Waals surface area (Å²) < 4.78 is 5.23. The quantitative estimate of drug-likeness (QED) is 0.687. The Balaban J connectivity index is 4.26. The number of ether oxygens (including phenoxy) is 1. The van der Waals surface area contributed by atoms with Crippen LogP contribution < -0.4 is 0 Å². The molecule has 0 aliphatic rings. The van der Waals surface area contributed by atoms with E-state index in [4.69, 9.17) is 9.84 Å². The normalized spacial score (nSPS) is 11.6. The molecule has 0 heterocycles. The van der Waals surface area contributed by atoms with Crippen LogP contribution in [0.3, 0.4) is 0 Å². The molecule has 16 heavy (non-hydrogen) atoms. The average Bonchev–Trinajstić information content (AvgIpc) is 2.23. The summed E-state index contributed by atoms with van der Waals surface area (Å²) in [6, 6.07) is 0. The van der Waals surface area contributed by atoms with E-state index in [0.717, 1.165) is 19.4 Å². The lowest BCUT2D eigenvalue weighted by atomic mass is 10.0. The lowest BCUT2D eigenvalue weighted by Gasteiger charge is -2.27. The van der Waals surface area contributed by atoms with E-state index >= 15 is 0 Å². The molecule has 0 aliphatic heterocycles. The predicted octanol–water partition coefficient (Wildman–Crippen LogP) is 1.42. The van der Waals surface area contributed by atoms with Crippen molar-refractivity contribution in [2.24, 2.45) is 0 Å². The van der Waals surface area contributed by atoms with Crippen LogP contribution in [-0.4, -0.2) is 48.3 Å². The van der Waals surface area contributed by atoms with Gasteiger partial charge < -0.3 is 14.7 Å². The molecule has 0 atom stereocenters. The Bertz CT molecular complexity index is 204. The Morgan fingerprint density at radius 3 is 2.44 bits per heavy atom. The van der Waals surface area contributed by atoms with Gasteiger partial charge in [0.05, 0.1) is 18.6 Å². The van der Waals surface area contributed by atoms with Gasteiger partial charge in [0.15, 0.2) is 0 Å². The van der Waals surface area contributed by atoms with E-state index in [2.05, 4.69) is 6.92 Å². The maximum Gasteiger partial charge on any atom is 0.225 e. The molecule has 96 valence electrons. The molecule has 0 radical (unpaired) electrons. The van der Waals surface area contributed by atoms with Gasteiger partial charge in [-0.3, -0.25) is 4.79 Å². The summed E-state index contributed by atoms with van der Waals surface area (Å²) in [7, 11) is 1.61. The molecule has 0 saturated carbocycles. The third kappa shape index (κ3) is 6.08. The van der Waals surface area contributed by atoms with Gasteiger partial charge in [-0.2, -0.15) is 0 Å². The number of aliphatic hydroxyl groups excluding tert-OH is 1. The first kappa shape index (κ1) is 15.4. The van der Waals surface area contributed by atoms with Crippen LogP contribution in [0.4, 0.5) is 0 Å². The number of hydrogen-bond acceptors (Lipinski definition) is 3. The second kappa shape index (κ2) is 7.63. The van der Waals surface area contributed by atoms with Crippen LogP contribution in [0.5, 0.6) is 0 Å². The van der Waals surface area contributed by atoms with Gasteiger partial charge in [-0.05, 0) is 20.3 Å². The first-order valence-electron chi connectivity index (χ1n) is 5.90. The van der Waals surface area contributed by atoms with Gasteiger partial charge in [-0.1, -0.05) is 13.3 Å². The molecule has 0 saturated heterocycles. The number of carbonyl (C=O) groups excluding carboxylic acids is 1. The largest absolute Gasteiger partial charge is 0.395 e. The summed E-state index contributed by atoms with van der Waals surface area (Å²) >= 11 is 0. The summed E-state index contributed by atoms with van der Waals surface area (Å²) in [6.07, 6.45) is 2.37. The summed E-state index contributed by atoms with van der Waals surface area (Å²) in [5, 5.41) is 8.92. The molecule has 4 nitrogen and oxygen atoms in total. The van der Waals surface area contributed by atoms with Crippen molar-refractivity contribution in [1.29, 1.82) is 0 Å². The summed E-state index contributed by atoms with van der Waals surface area (Å²) in [4.78, 5) is 13.7. The van der Waals surface area contributed by atoms with Crippen LogP contribution in [0.1, 0.15) is 40.0 Å². The zero-order valence-corrected chi connectivity index (χ0v) is 11.0. The van der Waals surface area contributed by atoms with Crippen LogP contribution in [-0.2, 0) is 9.53 Å². The number of aliphatic hydroxyl groups is 1. The highest BCUT2D eigenvalue weighted by Crippen LogP contribution is 2.15.